The molecule has 5 nitrogen and oxygen atoms in total. The van der Waals surface area contributed by atoms with Crippen molar-refractivity contribution in [2.45, 2.75) is 122 Å². The highest BCUT2D eigenvalue weighted by atomic mass is 16.5. The van der Waals surface area contributed by atoms with Crippen molar-refractivity contribution in [1.29, 1.82) is 0 Å². The number of esters is 1. The quantitative estimate of drug-likeness (QED) is 0.103. The molecule has 0 aliphatic carbocycles. The van der Waals surface area contributed by atoms with Crippen LogP contribution in [0.5, 0.6) is 0 Å². The molecule has 0 aliphatic heterocycles. The molecule has 0 saturated carbocycles. The highest BCUT2D eigenvalue weighted by Gasteiger charge is 2.03. The summed E-state index contributed by atoms with van der Waals surface area (Å²) < 4.78 is 10.4. The average Bonchev–Trinajstić information content (AvgIpc) is 2.74. The summed E-state index contributed by atoms with van der Waals surface area (Å²) in [6.45, 7) is 5.18. The molecule has 0 aromatic carbocycles. The van der Waals surface area contributed by atoms with Gasteiger partial charge in [-0.3, -0.25) is 4.79 Å². The summed E-state index contributed by atoms with van der Waals surface area (Å²) in [5.41, 5.74) is 0. The largest absolute Gasteiger partial charge is 0.466 e. The molecule has 30 heavy (non-hydrogen) atoms. The average molecular weight is 430 g/mol. The molecule has 0 bridgehead atoms. The molecule has 0 aromatic heterocycles. The van der Waals surface area contributed by atoms with E-state index >= 15 is 0 Å². The van der Waals surface area contributed by atoms with E-state index in [4.69, 9.17) is 9.47 Å². The van der Waals surface area contributed by atoms with Gasteiger partial charge in [0.15, 0.2) is 0 Å². The Morgan fingerprint density at radius 1 is 0.667 bits per heavy atom. The van der Waals surface area contributed by atoms with Gasteiger partial charge in [-0.1, -0.05) is 84.0 Å². The number of carbonyl (C=O) groups excluding carboxylic acids is 1. The minimum atomic E-state index is -0.0295. The van der Waals surface area contributed by atoms with E-state index in [2.05, 4.69) is 6.92 Å². The highest BCUT2D eigenvalue weighted by Crippen LogP contribution is 2.10. The SMILES string of the molecule is CCCCCCCCCC(=O)OCCCCCCCN(O)CCCCCCCOC. The second kappa shape index (κ2) is 24.6. The molecule has 0 spiro atoms. The predicted molar refractivity (Wildman–Crippen MR) is 125 cm³/mol. The lowest BCUT2D eigenvalue weighted by atomic mass is 10.1. The number of unbranched alkanes of at least 4 members (excludes halogenated alkanes) is 14. The molecule has 1 N–H and O–H groups in total. The summed E-state index contributed by atoms with van der Waals surface area (Å²) in [6, 6.07) is 0. The van der Waals surface area contributed by atoms with Crippen LogP contribution in [0.1, 0.15) is 122 Å². The molecule has 180 valence electrons. The smallest absolute Gasteiger partial charge is 0.305 e. The van der Waals surface area contributed by atoms with Gasteiger partial charge in [0.05, 0.1) is 6.61 Å². The van der Waals surface area contributed by atoms with Gasteiger partial charge in [0.1, 0.15) is 0 Å². The van der Waals surface area contributed by atoms with Crippen LogP contribution >= 0.6 is 0 Å². The minimum Gasteiger partial charge on any atom is -0.466 e. The first-order chi connectivity index (χ1) is 14.7. The summed E-state index contributed by atoms with van der Waals surface area (Å²) in [5.74, 6) is -0.0295. The van der Waals surface area contributed by atoms with Gasteiger partial charge in [0.2, 0.25) is 0 Å². The molecule has 0 heterocycles. The van der Waals surface area contributed by atoms with Crippen LogP contribution in [0.25, 0.3) is 0 Å². The van der Waals surface area contributed by atoms with Crippen molar-refractivity contribution >= 4 is 5.97 Å². The molecule has 0 aromatic rings. The minimum absolute atomic E-state index is 0.0295. The van der Waals surface area contributed by atoms with Crippen molar-refractivity contribution in [2.75, 3.05) is 33.4 Å². The maximum Gasteiger partial charge on any atom is 0.305 e. The lowest BCUT2D eigenvalue weighted by Crippen LogP contribution is -2.21. The van der Waals surface area contributed by atoms with E-state index in [-0.39, 0.29) is 5.97 Å². The monoisotopic (exact) mass is 429 g/mol. The van der Waals surface area contributed by atoms with Crippen molar-refractivity contribution in [3.05, 3.63) is 0 Å². The summed E-state index contributed by atoms with van der Waals surface area (Å²) in [7, 11) is 1.75. The second-order valence-corrected chi connectivity index (χ2v) is 8.57. The highest BCUT2D eigenvalue weighted by molar-refractivity contribution is 5.69. The Morgan fingerprint density at radius 3 is 1.70 bits per heavy atom. The standard InChI is InChI=1S/C25H51NO4/c1-3-4-5-6-7-10-15-20-25(27)30-24-19-14-9-12-17-22-26(28)21-16-11-8-13-18-23-29-2/h28H,3-24H2,1-2H3. The van der Waals surface area contributed by atoms with E-state index in [9.17, 15) is 10.0 Å². The maximum absolute atomic E-state index is 11.7. The molecule has 0 rings (SSSR count). The molecule has 0 amide bonds. The van der Waals surface area contributed by atoms with E-state index in [0.717, 1.165) is 77.5 Å². The van der Waals surface area contributed by atoms with Crippen LogP contribution in [0.2, 0.25) is 0 Å². The maximum atomic E-state index is 11.7. The van der Waals surface area contributed by atoms with Crippen molar-refractivity contribution in [2.24, 2.45) is 0 Å². The van der Waals surface area contributed by atoms with E-state index in [1.54, 1.807) is 7.11 Å². The van der Waals surface area contributed by atoms with Crippen LogP contribution in [0, 0.1) is 0 Å². The van der Waals surface area contributed by atoms with Gasteiger partial charge in [0.25, 0.3) is 0 Å². The fraction of sp³-hybridized carbons (Fsp3) is 0.960. The molecule has 0 atom stereocenters. The molecule has 0 aliphatic rings. The number of rotatable bonds is 24. The molecule has 0 radical (unpaired) electrons. The van der Waals surface area contributed by atoms with Gasteiger partial charge >= 0.3 is 5.97 Å². The Labute approximate surface area is 186 Å². The molecule has 0 fully saturated rings. The number of hydrogen-bond donors (Lipinski definition) is 1. The number of nitrogens with zero attached hydrogens (tertiary/aromatic N) is 1. The zero-order valence-electron chi connectivity index (χ0n) is 20.2. The topological polar surface area (TPSA) is 59.0 Å². The molecule has 5 heteroatoms. The van der Waals surface area contributed by atoms with Crippen LogP contribution < -0.4 is 0 Å². The third kappa shape index (κ3) is 23.6. The van der Waals surface area contributed by atoms with Gasteiger partial charge in [-0.2, -0.15) is 5.06 Å². The third-order valence-corrected chi connectivity index (χ3v) is 5.57. The van der Waals surface area contributed by atoms with Gasteiger partial charge in [-0.15, -0.1) is 0 Å². The fourth-order valence-electron chi connectivity index (χ4n) is 3.59. The van der Waals surface area contributed by atoms with Crippen molar-refractivity contribution in [3.63, 3.8) is 0 Å². The van der Waals surface area contributed by atoms with Crippen LogP contribution in [0.3, 0.4) is 0 Å². The van der Waals surface area contributed by atoms with E-state index in [0.29, 0.717) is 13.0 Å². The summed E-state index contributed by atoms with van der Waals surface area (Å²) >= 11 is 0. The predicted octanol–water partition coefficient (Wildman–Crippen LogP) is 6.91. The van der Waals surface area contributed by atoms with Crippen LogP contribution in [-0.2, 0) is 14.3 Å². The zero-order valence-corrected chi connectivity index (χ0v) is 20.2. The number of hydroxylamine groups is 2. The van der Waals surface area contributed by atoms with Crippen molar-refractivity contribution < 1.29 is 19.5 Å². The van der Waals surface area contributed by atoms with Gasteiger partial charge in [-0.25, -0.2) is 0 Å². The lowest BCUT2D eigenvalue weighted by molar-refractivity contribution is -0.143. The summed E-state index contributed by atoms with van der Waals surface area (Å²) in [5, 5.41) is 11.4. The summed E-state index contributed by atoms with van der Waals surface area (Å²) in [4.78, 5) is 11.7. The van der Waals surface area contributed by atoms with Crippen LogP contribution in [0.15, 0.2) is 0 Å². The fourth-order valence-corrected chi connectivity index (χ4v) is 3.59. The third-order valence-electron chi connectivity index (χ3n) is 5.57. The molecule has 0 unspecified atom stereocenters. The first-order valence-electron chi connectivity index (χ1n) is 12.8. The van der Waals surface area contributed by atoms with E-state index in [1.807, 2.05) is 0 Å². The van der Waals surface area contributed by atoms with Gasteiger partial charge in [0, 0.05) is 33.2 Å². The lowest BCUT2D eigenvalue weighted by Gasteiger charge is -2.14. The number of carbonyl (C=O) groups is 1. The van der Waals surface area contributed by atoms with Crippen LogP contribution in [-0.4, -0.2) is 49.7 Å². The number of methoxy groups -OCH3 is 1. The van der Waals surface area contributed by atoms with Crippen molar-refractivity contribution in [3.8, 4) is 0 Å². The Hall–Kier alpha value is -0.650. The van der Waals surface area contributed by atoms with Gasteiger partial charge in [-0.05, 0) is 32.1 Å². The van der Waals surface area contributed by atoms with Crippen LogP contribution in [0.4, 0.5) is 0 Å². The Bertz CT molecular complexity index is 352. The van der Waals surface area contributed by atoms with E-state index in [1.165, 1.54) is 56.4 Å². The first-order valence-corrected chi connectivity index (χ1v) is 12.8. The van der Waals surface area contributed by atoms with Gasteiger partial charge < -0.3 is 14.7 Å². The molecular formula is C25H51NO4. The summed E-state index contributed by atoms with van der Waals surface area (Å²) in [6.07, 6.45) is 20.3. The normalized spacial score (nSPS) is 11.3. The zero-order chi connectivity index (χ0) is 22.1. The number of hydrogen-bond acceptors (Lipinski definition) is 5. The molecular weight excluding hydrogens is 378 g/mol. The molecule has 0 saturated heterocycles. The van der Waals surface area contributed by atoms with Crippen molar-refractivity contribution in [1.82, 2.24) is 5.06 Å². The Morgan fingerprint density at radius 2 is 1.13 bits per heavy atom. The Balaban J connectivity index is 3.24. The number of ether oxygens (including phenoxy) is 2. The Kier molecular flexibility index (Phi) is 24.1. The van der Waals surface area contributed by atoms with E-state index < -0.39 is 0 Å². The second-order valence-electron chi connectivity index (χ2n) is 8.57. The first kappa shape index (κ1) is 29.4.